The van der Waals surface area contributed by atoms with E-state index in [1.807, 2.05) is 0 Å². The van der Waals surface area contributed by atoms with Crippen molar-refractivity contribution in [2.24, 2.45) is 5.90 Å². The Morgan fingerprint density at radius 1 is 1.08 bits per heavy atom. The summed E-state index contributed by atoms with van der Waals surface area (Å²) in [6, 6.07) is 0. The van der Waals surface area contributed by atoms with Crippen LogP contribution in [0.1, 0.15) is 44.9 Å². The Hall–Kier alpha value is -0.610. The predicted molar refractivity (Wildman–Crippen MR) is 50.1 cm³/mol. The van der Waals surface area contributed by atoms with Crippen molar-refractivity contribution in [2.75, 3.05) is 6.61 Å². The van der Waals surface area contributed by atoms with Crippen molar-refractivity contribution in [1.82, 2.24) is 0 Å². The fourth-order valence-corrected chi connectivity index (χ4v) is 1.17. The Morgan fingerprint density at radius 3 is 2.15 bits per heavy atom. The second kappa shape index (κ2) is 9.48. The normalized spacial score (nSPS) is 10.2. The van der Waals surface area contributed by atoms with Crippen LogP contribution in [0.4, 0.5) is 0 Å². The molecule has 0 aliphatic heterocycles. The van der Waals surface area contributed by atoms with Crippen LogP contribution in [-0.2, 0) is 9.63 Å². The topological polar surface area (TPSA) is 72.5 Å². The third-order valence-corrected chi connectivity index (χ3v) is 1.90. The zero-order valence-electron chi connectivity index (χ0n) is 8.00. The summed E-state index contributed by atoms with van der Waals surface area (Å²) >= 11 is 0. The van der Waals surface area contributed by atoms with Crippen LogP contribution in [0, 0.1) is 0 Å². The first-order valence-corrected chi connectivity index (χ1v) is 4.81. The molecule has 0 atom stereocenters. The van der Waals surface area contributed by atoms with E-state index in [1.165, 1.54) is 0 Å². The number of hydrogen-bond donors (Lipinski definition) is 2. The minimum Gasteiger partial charge on any atom is -0.481 e. The Kier molecular flexibility index (Phi) is 9.03. The highest BCUT2D eigenvalue weighted by atomic mass is 16.6. The van der Waals surface area contributed by atoms with E-state index >= 15 is 0 Å². The lowest BCUT2D eigenvalue weighted by molar-refractivity contribution is -0.137. The summed E-state index contributed by atoms with van der Waals surface area (Å²) in [5.41, 5.74) is 0. The van der Waals surface area contributed by atoms with Crippen molar-refractivity contribution < 1.29 is 14.7 Å². The fourth-order valence-electron chi connectivity index (χ4n) is 1.17. The molecular formula is C9H19NO3. The van der Waals surface area contributed by atoms with Gasteiger partial charge in [-0.2, -0.15) is 0 Å². The SMILES string of the molecule is NOCCCCCCCCC(=O)O. The summed E-state index contributed by atoms with van der Waals surface area (Å²) in [5, 5.41) is 8.36. The summed E-state index contributed by atoms with van der Waals surface area (Å²) in [7, 11) is 0. The highest BCUT2D eigenvalue weighted by Crippen LogP contribution is 2.06. The van der Waals surface area contributed by atoms with Crippen LogP contribution < -0.4 is 5.90 Å². The molecule has 0 aromatic rings. The fraction of sp³-hybridized carbons (Fsp3) is 0.889. The Balaban J connectivity index is 2.87. The van der Waals surface area contributed by atoms with E-state index in [4.69, 9.17) is 11.0 Å². The van der Waals surface area contributed by atoms with Crippen LogP contribution in [0.15, 0.2) is 0 Å². The van der Waals surface area contributed by atoms with Gasteiger partial charge in [0.1, 0.15) is 0 Å². The van der Waals surface area contributed by atoms with Crippen molar-refractivity contribution in [3.63, 3.8) is 0 Å². The Labute approximate surface area is 79.0 Å². The van der Waals surface area contributed by atoms with E-state index in [0.717, 1.165) is 38.5 Å². The van der Waals surface area contributed by atoms with Gasteiger partial charge in [0.05, 0.1) is 6.61 Å². The van der Waals surface area contributed by atoms with Gasteiger partial charge in [0.15, 0.2) is 0 Å². The van der Waals surface area contributed by atoms with Gasteiger partial charge in [0, 0.05) is 6.42 Å². The maximum absolute atomic E-state index is 10.1. The molecule has 0 bridgehead atoms. The molecule has 0 saturated carbocycles. The van der Waals surface area contributed by atoms with Crippen molar-refractivity contribution >= 4 is 5.97 Å². The van der Waals surface area contributed by atoms with E-state index in [-0.39, 0.29) is 0 Å². The number of carboxylic acid groups (broad SMARTS) is 1. The quantitative estimate of drug-likeness (QED) is 0.427. The molecule has 0 heterocycles. The largest absolute Gasteiger partial charge is 0.481 e. The smallest absolute Gasteiger partial charge is 0.303 e. The molecule has 3 N–H and O–H groups in total. The molecule has 4 nitrogen and oxygen atoms in total. The minimum absolute atomic E-state index is 0.298. The average molecular weight is 189 g/mol. The van der Waals surface area contributed by atoms with Crippen LogP contribution >= 0.6 is 0 Å². The van der Waals surface area contributed by atoms with Crippen LogP contribution in [0.2, 0.25) is 0 Å². The number of rotatable bonds is 9. The zero-order chi connectivity index (χ0) is 9.94. The number of unbranched alkanes of at least 4 members (excludes halogenated alkanes) is 5. The summed E-state index contributed by atoms with van der Waals surface area (Å²) in [6.45, 7) is 0.620. The van der Waals surface area contributed by atoms with Gasteiger partial charge in [-0.05, 0) is 12.8 Å². The molecule has 0 aliphatic rings. The monoisotopic (exact) mass is 189 g/mol. The van der Waals surface area contributed by atoms with E-state index in [9.17, 15) is 4.79 Å². The van der Waals surface area contributed by atoms with Crippen molar-refractivity contribution in [1.29, 1.82) is 0 Å². The van der Waals surface area contributed by atoms with Gasteiger partial charge in [0.2, 0.25) is 0 Å². The molecule has 0 amide bonds. The van der Waals surface area contributed by atoms with E-state index in [0.29, 0.717) is 13.0 Å². The average Bonchev–Trinajstić information content (AvgIpc) is 2.09. The van der Waals surface area contributed by atoms with E-state index < -0.39 is 5.97 Å². The standard InChI is InChI=1S/C9H19NO3/c10-13-8-6-4-2-1-3-5-7-9(11)12/h1-8,10H2,(H,11,12). The van der Waals surface area contributed by atoms with E-state index in [1.54, 1.807) is 0 Å². The molecule has 78 valence electrons. The van der Waals surface area contributed by atoms with Gasteiger partial charge in [-0.15, -0.1) is 0 Å². The molecule has 0 saturated heterocycles. The molecular weight excluding hydrogens is 170 g/mol. The number of carboxylic acids is 1. The number of nitrogens with two attached hydrogens (primary N) is 1. The highest BCUT2D eigenvalue weighted by Gasteiger charge is 1.96. The van der Waals surface area contributed by atoms with Crippen LogP contribution in [-0.4, -0.2) is 17.7 Å². The molecule has 0 aromatic heterocycles. The molecule has 0 fully saturated rings. The second-order valence-electron chi connectivity index (χ2n) is 3.14. The first-order valence-electron chi connectivity index (χ1n) is 4.81. The summed E-state index contributed by atoms with van der Waals surface area (Å²) in [6.07, 6.45) is 6.46. The third kappa shape index (κ3) is 11.4. The maximum Gasteiger partial charge on any atom is 0.303 e. The first kappa shape index (κ1) is 12.4. The van der Waals surface area contributed by atoms with Crippen LogP contribution in [0.3, 0.4) is 0 Å². The van der Waals surface area contributed by atoms with Gasteiger partial charge < -0.3 is 9.94 Å². The lowest BCUT2D eigenvalue weighted by atomic mass is 10.1. The Bertz CT molecular complexity index is 128. The number of aliphatic carboxylic acids is 1. The molecule has 0 rings (SSSR count). The molecule has 0 unspecified atom stereocenters. The summed E-state index contributed by atoms with van der Waals surface area (Å²) in [4.78, 5) is 14.6. The van der Waals surface area contributed by atoms with Crippen molar-refractivity contribution in [2.45, 2.75) is 44.9 Å². The minimum atomic E-state index is -0.698. The zero-order valence-corrected chi connectivity index (χ0v) is 8.00. The lowest BCUT2D eigenvalue weighted by Gasteiger charge is -1.99. The molecule has 0 spiro atoms. The lowest BCUT2D eigenvalue weighted by Crippen LogP contribution is -2.00. The van der Waals surface area contributed by atoms with Crippen LogP contribution in [0.25, 0.3) is 0 Å². The van der Waals surface area contributed by atoms with Gasteiger partial charge in [-0.1, -0.05) is 25.7 Å². The number of carbonyl (C=O) groups is 1. The summed E-state index contributed by atoms with van der Waals surface area (Å²) in [5.74, 6) is 4.16. The Morgan fingerprint density at radius 2 is 1.62 bits per heavy atom. The molecule has 13 heavy (non-hydrogen) atoms. The van der Waals surface area contributed by atoms with Gasteiger partial charge in [0.25, 0.3) is 0 Å². The van der Waals surface area contributed by atoms with Crippen molar-refractivity contribution in [3.05, 3.63) is 0 Å². The highest BCUT2D eigenvalue weighted by molar-refractivity contribution is 5.66. The molecule has 0 radical (unpaired) electrons. The van der Waals surface area contributed by atoms with Gasteiger partial charge in [-0.3, -0.25) is 4.79 Å². The maximum atomic E-state index is 10.1. The molecule has 0 aromatic carbocycles. The van der Waals surface area contributed by atoms with Gasteiger partial charge >= 0.3 is 5.97 Å². The van der Waals surface area contributed by atoms with Gasteiger partial charge in [-0.25, -0.2) is 5.90 Å². The van der Waals surface area contributed by atoms with Crippen molar-refractivity contribution in [3.8, 4) is 0 Å². The van der Waals surface area contributed by atoms with E-state index in [2.05, 4.69) is 4.84 Å². The molecule has 0 aliphatic carbocycles. The summed E-state index contributed by atoms with van der Waals surface area (Å²) < 4.78 is 0. The predicted octanol–water partition coefficient (Wildman–Crippen LogP) is 1.69. The molecule has 4 heteroatoms. The van der Waals surface area contributed by atoms with Crippen LogP contribution in [0.5, 0.6) is 0 Å². The second-order valence-corrected chi connectivity index (χ2v) is 3.14. The third-order valence-electron chi connectivity index (χ3n) is 1.90. The number of hydrogen-bond acceptors (Lipinski definition) is 3. The first-order chi connectivity index (χ1) is 6.27.